The van der Waals surface area contributed by atoms with Gasteiger partial charge in [0.1, 0.15) is 0 Å². The first-order chi connectivity index (χ1) is 7.41. The number of carbonyl (C=O) groups is 2. The van der Waals surface area contributed by atoms with Gasteiger partial charge in [-0.1, -0.05) is 0 Å². The van der Waals surface area contributed by atoms with Crippen LogP contribution in [-0.2, 0) is 9.59 Å². The summed E-state index contributed by atoms with van der Waals surface area (Å²) in [6.45, 7) is 7.08. The molecular formula is C10H18N4O2. The van der Waals surface area contributed by atoms with Crippen LogP contribution < -0.4 is 10.9 Å². The number of hydrazone groups is 2. The van der Waals surface area contributed by atoms with Crippen molar-refractivity contribution in [3.8, 4) is 0 Å². The Hall–Kier alpha value is -1.72. The van der Waals surface area contributed by atoms with Crippen LogP contribution in [-0.4, -0.2) is 23.2 Å². The monoisotopic (exact) mass is 226 g/mol. The van der Waals surface area contributed by atoms with Crippen LogP contribution in [0.4, 0.5) is 0 Å². The molecule has 6 heteroatoms. The maximum atomic E-state index is 11.2. The van der Waals surface area contributed by atoms with Gasteiger partial charge in [-0.2, -0.15) is 10.2 Å². The second-order valence-electron chi connectivity index (χ2n) is 3.69. The fourth-order valence-corrected chi connectivity index (χ4v) is 0.687. The van der Waals surface area contributed by atoms with Crippen LogP contribution in [0, 0.1) is 0 Å². The van der Waals surface area contributed by atoms with Crippen molar-refractivity contribution in [2.24, 2.45) is 10.2 Å². The maximum Gasteiger partial charge on any atom is 0.240 e. The molecule has 0 aromatic heterocycles. The Kier molecular flexibility index (Phi) is 6.74. The zero-order valence-electron chi connectivity index (χ0n) is 10.1. The molecule has 0 aliphatic rings. The van der Waals surface area contributed by atoms with E-state index in [0.717, 1.165) is 11.4 Å². The first-order valence-electron chi connectivity index (χ1n) is 5.01. The Morgan fingerprint density at radius 1 is 0.812 bits per heavy atom. The van der Waals surface area contributed by atoms with Crippen molar-refractivity contribution in [2.75, 3.05) is 0 Å². The van der Waals surface area contributed by atoms with Crippen LogP contribution in [0.15, 0.2) is 10.2 Å². The van der Waals surface area contributed by atoms with Gasteiger partial charge in [-0.05, 0) is 27.7 Å². The number of carbonyl (C=O) groups excluding carboxylic acids is 2. The van der Waals surface area contributed by atoms with Gasteiger partial charge in [-0.25, -0.2) is 10.9 Å². The first-order valence-corrected chi connectivity index (χ1v) is 5.01. The second-order valence-corrected chi connectivity index (χ2v) is 3.69. The zero-order valence-corrected chi connectivity index (χ0v) is 10.1. The van der Waals surface area contributed by atoms with E-state index in [1.165, 1.54) is 0 Å². The summed E-state index contributed by atoms with van der Waals surface area (Å²) in [5, 5.41) is 7.47. The Balaban J connectivity index is 3.80. The van der Waals surface area contributed by atoms with E-state index in [0.29, 0.717) is 0 Å². The summed E-state index contributed by atoms with van der Waals surface area (Å²) < 4.78 is 0. The van der Waals surface area contributed by atoms with Crippen molar-refractivity contribution < 1.29 is 9.59 Å². The third kappa shape index (κ3) is 8.86. The van der Waals surface area contributed by atoms with Crippen LogP contribution >= 0.6 is 0 Å². The molecule has 16 heavy (non-hydrogen) atoms. The minimum absolute atomic E-state index is 0.0981. The molecule has 0 spiro atoms. The lowest BCUT2D eigenvalue weighted by Crippen LogP contribution is -2.23. The molecule has 0 aliphatic heterocycles. The summed E-state index contributed by atoms with van der Waals surface area (Å²) in [5.41, 5.74) is 6.18. The molecule has 0 radical (unpaired) electrons. The Morgan fingerprint density at radius 3 is 1.38 bits per heavy atom. The summed E-state index contributed by atoms with van der Waals surface area (Å²) in [5.74, 6) is -0.567. The molecule has 0 bridgehead atoms. The zero-order chi connectivity index (χ0) is 12.6. The summed E-state index contributed by atoms with van der Waals surface area (Å²) in [7, 11) is 0. The highest BCUT2D eigenvalue weighted by Crippen LogP contribution is 1.89. The molecule has 0 fully saturated rings. The third-order valence-corrected chi connectivity index (χ3v) is 1.39. The van der Waals surface area contributed by atoms with Gasteiger partial charge < -0.3 is 0 Å². The van der Waals surface area contributed by atoms with Gasteiger partial charge in [0.25, 0.3) is 0 Å². The van der Waals surface area contributed by atoms with Crippen LogP contribution in [0.25, 0.3) is 0 Å². The van der Waals surface area contributed by atoms with Gasteiger partial charge in [0.15, 0.2) is 0 Å². The number of nitrogens with one attached hydrogen (secondary N) is 2. The number of hydrogen-bond donors (Lipinski definition) is 2. The summed E-state index contributed by atoms with van der Waals surface area (Å²) in [6, 6.07) is 0. The van der Waals surface area contributed by atoms with E-state index in [1.54, 1.807) is 27.7 Å². The summed E-state index contributed by atoms with van der Waals surface area (Å²) >= 11 is 0. The van der Waals surface area contributed by atoms with Crippen LogP contribution in [0.2, 0.25) is 0 Å². The van der Waals surface area contributed by atoms with E-state index in [-0.39, 0.29) is 24.7 Å². The number of rotatable bonds is 5. The minimum Gasteiger partial charge on any atom is -0.273 e. The van der Waals surface area contributed by atoms with E-state index in [2.05, 4.69) is 21.1 Å². The second kappa shape index (κ2) is 7.56. The topological polar surface area (TPSA) is 82.9 Å². The summed E-state index contributed by atoms with van der Waals surface area (Å²) in [6.07, 6.45) is 0.196. The quantitative estimate of drug-likeness (QED) is 0.536. The van der Waals surface area contributed by atoms with E-state index in [4.69, 9.17) is 0 Å². The molecule has 0 saturated heterocycles. The fraction of sp³-hybridized carbons (Fsp3) is 0.600. The first kappa shape index (κ1) is 14.3. The highest BCUT2D eigenvalue weighted by Gasteiger charge is 2.05. The molecular weight excluding hydrogens is 208 g/mol. The number of nitrogens with zero attached hydrogens (tertiary/aromatic N) is 2. The smallest absolute Gasteiger partial charge is 0.240 e. The van der Waals surface area contributed by atoms with Crippen molar-refractivity contribution >= 4 is 23.2 Å². The van der Waals surface area contributed by atoms with Crippen molar-refractivity contribution in [2.45, 2.75) is 40.5 Å². The van der Waals surface area contributed by atoms with Gasteiger partial charge in [0.05, 0.1) is 0 Å². The van der Waals surface area contributed by atoms with Crippen LogP contribution in [0.5, 0.6) is 0 Å². The molecule has 0 rings (SSSR count). The largest absolute Gasteiger partial charge is 0.273 e. The van der Waals surface area contributed by atoms with Crippen molar-refractivity contribution in [1.29, 1.82) is 0 Å². The number of hydrogen-bond acceptors (Lipinski definition) is 4. The predicted molar refractivity (Wildman–Crippen MR) is 63.1 cm³/mol. The van der Waals surface area contributed by atoms with Crippen molar-refractivity contribution in [1.82, 2.24) is 10.9 Å². The van der Waals surface area contributed by atoms with E-state index in [9.17, 15) is 9.59 Å². The molecule has 0 aliphatic carbocycles. The molecule has 6 nitrogen and oxygen atoms in total. The van der Waals surface area contributed by atoms with Gasteiger partial charge in [0, 0.05) is 24.3 Å². The predicted octanol–water partition coefficient (Wildman–Crippen LogP) is 0.791. The van der Waals surface area contributed by atoms with Crippen LogP contribution in [0.1, 0.15) is 40.5 Å². The lowest BCUT2D eigenvalue weighted by molar-refractivity contribution is -0.126. The van der Waals surface area contributed by atoms with Gasteiger partial charge >= 0.3 is 0 Å². The SMILES string of the molecule is CC(C)=NNC(=O)CCC(=O)NN=C(C)C. The summed E-state index contributed by atoms with van der Waals surface area (Å²) in [4.78, 5) is 22.3. The number of amides is 2. The fourth-order valence-electron chi connectivity index (χ4n) is 0.687. The van der Waals surface area contributed by atoms with Gasteiger partial charge in [0.2, 0.25) is 11.8 Å². The van der Waals surface area contributed by atoms with E-state index >= 15 is 0 Å². The minimum atomic E-state index is -0.284. The van der Waals surface area contributed by atoms with Gasteiger partial charge in [-0.3, -0.25) is 9.59 Å². The molecule has 0 unspecified atom stereocenters. The van der Waals surface area contributed by atoms with Gasteiger partial charge in [-0.15, -0.1) is 0 Å². The molecule has 0 aromatic rings. The lowest BCUT2D eigenvalue weighted by Gasteiger charge is -2.00. The molecule has 0 aromatic carbocycles. The molecule has 0 atom stereocenters. The Labute approximate surface area is 95.2 Å². The Morgan fingerprint density at radius 2 is 1.12 bits per heavy atom. The molecule has 2 N–H and O–H groups in total. The third-order valence-electron chi connectivity index (χ3n) is 1.39. The normalized spacial score (nSPS) is 9.00. The highest BCUT2D eigenvalue weighted by molar-refractivity contribution is 5.86. The van der Waals surface area contributed by atoms with E-state index < -0.39 is 0 Å². The average molecular weight is 226 g/mol. The van der Waals surface area contributed by atoms with E-state index in [1.807, 2.05) is 0 Å². The van der Waals surface area contributed by atoms with Crippen molar-refractivity contribution in [3.05, 3.63) is 0 Å². The standard InChI is InChI=1S/C10H18N4O2/c1-7(2)11-13-9(15)5-6-10(16)14-12-8(3)4/h5-6H2,1-4H3,(H,13,15)(H,14,16). The maximum absolute atomic E-state index is 11.2. The lowest BCUT2D eigenvalue weighted by atomic mass is 10.3. The molecule has 90 valence electrons. The van der Waals surface area contributed by atoms with Crippen LogP contribution in [0.3, 0.4) is 0 Å². The molecule has 0 heterocycles. The Bertz CT molecular complexity index is 281. The molecule has 2 amide bonds. The van der Waals surface area contributed by atoms with Crippen molar-refractivity contribution in [3.63, 3.8) is 0 Å². The highest BCUT2D eigenvalue weighted by atomic mass is 16.2. The molecule has 0 saturated carbocycles. The average Bonchev–Trinajstić information content (AvgIpc) is 2.20.